The molecule has 1 unspecified atom stereocenters. The minimum absolute atomic E-state index is 0.157. The van der Waals surface area contributed by atoms with Crippen LogP contribution in [0.15, 0.2) is 0 Å². The zero-order chi connectivity index (χ0) is 13.6. The second-order valence-corrected chi connectivity index (χ2v) is 3.75. The van der Waals surface area contributed by atoms with E-state index >= 15 is 0 Å². The SMILES string of the molecule is O=C(CBr)NC(O)C(=O)[C@@H](O)[C@H](O)[C@H](O)CO. The van der Waals surface area contributed by atoms with Gasteiger partial charge in [-0.3, -0.25) is 9.59 Å². The molecule has 0 heterocycles. The zero-order valence-electron chi connectivity index (χ0n) is 8.65. The second-order valence-electron chi connectivity index (χ2n) is 3.19. The van der Waals surface area contributed by atoms with E-state index in [1.54, 1.807) is 0 Å². The van der Waals surface area contributed by atoms with E-state index in [2.05, 4.69) is 15.9 Å². The van der Waals surface area contributed by atoms with Crippen LogP contribution in [0.5, 0.6) is 0 Å². The van der Waals surface area contributed by atoms with Crippen LogP contribution in [0.1, 0.15) is 0 Å². The number of nitrogens with one attached hydrogen (secondary N) is 1. The van der Waals surface area contributed by atoms with Crippen LogP contribution in [0.25, 0.3) is 0 Å². The van der Waals surface area contributed by atoms with Gasteiger partial charge in [-0.1, -0.05) is 15.9 Å². The number of carbonyl (C=O) groups is 2. The Morgan fingerprint density at radius 3 is 2.12 bits per heavy atom. The number of ketones is 1. The lowest BCUT2D eigenvalue weighted by Crippen LogP contribution is -2.52. The molecule has 0 aromatic heterocycles. The number of amides is 1. The largest absolute Gasteiger partial charge is 0.394 e. The topological polar surface area (TPSA) is 147 Å². The first-order valence-corrected chi connectivity index (χ1v) is 5.69. The molecule has 17 heavy (non-hydrogen) atoms. The molecule has 9 heteroatoms. The van der Waals surface area contributed by atoms with Crippen molar-refractivity contribution in [2.45, 2.75) is 24.5 Å². The van der Waals surface area contributed by atoms with Gasteiger partial charge in [0.25, 0.3) is 0 Å². The first-order valence-electron chi connectivity index (χ1n) is 4.57. The van der Waals surface area contributed by atoms with Gasteiger partial charge in [-0.2, -0.15) is 0 Å². The number of alkyl halides is 1. The van der Waals surface area contributed by atoms with Crippen molar-refractivity contribution in [2.24, 2.45) is 0 Å². The van der Waals surface area contributed by atoms with Crippen LogP contribution in [-0.2, 0) is 9.59 Å². The molecule has 8 nitrogen and oxygen atoms in total. The third kappa shape index (κ3) is 5.06. The highest BCUT2D eigenvalue weighted by molar-refractivity contribution is 9.09. The molecule has 0 aliphatic heterocycles. The molecule has 0 saturated carbocycles. The van der Waals surface area contributed by atoms with Gasteiger partial charge in [-0.15, -0.1) is 0 Å². The lowest BCUT2D eigenvalue weighted by molar-refractivity contribution is -0.151. The second kappa shape index (κ2) is 7.69. The van der Waals surface area contributed by atoms with Crippen molar-refractivity contribution in [1.82, 2.24) is 5.32 Å². The Labute approximate surface area is 105 Å². The third-order valence-electron chi connectivity index (χ3n) is 1.88. The summed E-state index contributed by atoms with van der Waals surface area (Å²) >= 11 is 2.77. The molecule has 0 rings (SSSR count). The number of hydrogen-bond donors (Lipinski definition) is 6. The number of carbonyl (C=O) groups excluding carboxylic acids is 2. The first-order chi connectivity index (χ1) is 7.84. The summed E-state index contributed by atoms with van der Waals surface area (Å²) in [6.07, 6.45) is -7.81. The Bertz CT molecular complexity index is 275. The minimum Gasteiger partial charge on any atom is -0.394 e. The molecule has 0 aromatic rings. The average molecular weight is 316 g/mol. The number of rotatable bonds is 7. The highest BCUT2D eigenvalue weighted by Gasteiger charge is 2.34. The lowest BCUT2D eigenvalue weighted by atomic mass is 10.0. The maximum Gasteiger partial charge on any atom is 0.232 e. The molecule has 1 amide bonds. The van der Waals surface area contributed by atoms with Crippen molar-refractivity contribution in [3.8, 4) is 0 Å². The molecular formula is C8H14BrNO7. The standard InChI is InChI=1S/C8H14BrNO7/c9-1-4(13)10-8(17)7(16)6(15)5(14)3(12)2-11/h3,5-6,8,11-12,14-15,17H,1-2H2,(H,10,13)/t3-,5-,6+,8?/m1/s1. The summed E-state index contributed by atoms with van der Waals surface area (Å²) in [5.41, 5.74) is 0. The van der Waals surface area contributed by atoms with Crippen LogP contribution in [0, 0.1) is 0 Å². The van der Waals surface area contributed by atoms with Gasteiger partial charge in [0.1, 0.15) is 18.3 Å². The molecule has 0 radical (unpaired) electrons. The van der Waals surface area contributed by atoms with Crippen molar-refractivity contribution in [3.63, 3.8) is 0 Å². The predicted molar refractivity (Wildman–Crippen MR) is 58.1 cm³/mol. The van der Waals surface area contributed by atoms with E-state index in [0.717, 1.165) is 0 Å². The molecule has 4 atom stereocenters. The van der Waals surface area contributed by atoms with Crippen LogP contribution < -0.4 is 5.32 Å². The molecule has 0 aliphatic rings. The third-order valence-corrected chi connectivity index (χ3v) is 2.39. The highest BCUT2D eigenvalue weighted by atomic mass is 79.9. The molecule has 6 N–H and O–H groups in total. The van der Waals surface area contributed by atoms with Crippen LogP contribution in [0.4, 0.5) is 0 Å². The number of Topliss-reactive ketones (excluding diaryl/α,β-unsaturated/α-hetero) is 1. The number of halogens is 1. The van der Waals surface area contributed by atoms with Crippen molar-refractivity contribution >= 4 is 27.6 Å². The van der Waals surface area contributed by atoms with E-state index < -0.39 is 42.8 Å². The van der Waals surface area contributed by atoms with Crippen LogP contribution >= 0.6 is 15.9 Å². The van der Waals surface area contributed by atoms with Crippen LogP contribution in [0.3, 0.4) is 0 Å². The lowest BCUT2D eigenvalue weighted by Gasteiger charge is -2.22. The fourth-order valence-corrected chi connectivity index (χ4v) is 1.07. The van der Waals surface area contributed by atoms with Crippen molar-refractivity contribution < 1.29 is 35.1 Å². The van der Waals surface area contributed by atoms with Gasteiger partial charge >= 0.3 is 0 Å². The molecule has 0 fully saturated rings. The monoisotopic (exact) mass is 315 g/mol. The summed E-state index contributed by atoms with van der Waals surface area (Å²) in [4.78, 5) is 22.1. The Kier molecular flexibility index (Phi) is 7.43. The molecule has 0 bridgehead atoms. The van der Waals surface area contributed by atoms with Gasteiger partial charge in [0, 0.05) is 0 Å². The molecule has 0 aromatic carbocycles. The normalized spacial score (nSPS) is 18.0. The molecule has 0 aliphatic carbocycles. The summed E-state index contributed by atoms with van der Waals surface area (Å²) in [5.74, 6) is -1.99. The van der Waals surface area contributed by atoms with E-state index in [1.807, 2.05) is 5.32 Å². The first kappa shape index (κ1) is 16.4. The Morgan fingerprint density at radius 2 is 1.71 bits per heavy atom. The van der Waals surface area contributed by atoms with Crippen molar-refractivity contribution in [2.75, 3.05) is 11.9 Å². The maximum atomic E-state index is 11.3. The Balaban J connectivity index is 4.43. The Morgan fingerprint density at radius 1 is 1.18 bits per heavy atom. The van der Waals surface area contributed by atoms with E-state index in [1.165, 1.54) is 0 Å². The van der Waals surface area contributed by atoms with Gasteiger partial charge in [0.15, 0.2) is 6.23 Å². The van der Waals surface area contributed by atoms with E-state index in [0.29, 0.717) is 0 Å². The number of aliphatic hydroxyl groups excluding tert-OH is 5. The minimum atomic E-state index is -2.12. The van der Waals surface area contributed by atoms with E-state index in [4.69, 9.17) is 10.2 Å². The summed E-state index contributed by atoms with van der Waals surface area (Å²) in [5, 5.41) is 46.7. The van der Waals surface area contributed by atoms with E-state index in [9.17, 15) is 24.9 Å². The van der Waals surface area contributed by atoms with E-state index in [-0.39, 0.29) is 5.33 Å². The summed E-state index contributed by atoms with van der Waals surface area (Å²) in [7, 11) is 0. The van der Waals surface area contributed by atoms with Crippen LogP contribution in [0.2, 0.25) is 0 Å². The molecular weight excluding hydrogens is 302 g/mol. The van der Waals surface area contributed by atoms with Gasteiger partial charge in [0.05, 0.1) is 11.9 Å². The Hall–Kier alpha value is -0.580. The quantitative estimate of drug-likeness (QED) is 0.210. The van der Waals surface area contributed by atoms with Crippen molar-refractivity contribution in [3.05, 3.63) is 0 Å². The molecule has 0 saturated heterocycles. The number of hydrogen-bond acceptors (Lipinski definition) is 7. The van der Waals surface area contributed by atoms with Crippen LogP contribution in [-0.4, -0.2) is 73.7 Å². The summed E-state index contributed by atoms with van der Waals surface area (Å²) in [6.45, 7) is -0.866. The average Bonchev–Trinajstić information content (AvgIpc) is 2.34. The smallest absolute Gasteiger partial charge is 0.232 e. The molecule has 0 spiro atoms. The fourth-order valence-electron chi connectivity index (χ4n) is 0.911. The number of aliphatic hydroxyl groups is 5. The summed E-state index contributed by atoms with van der Waals surface area (Å²) in [6, 6.07) is 0. The zero-order valence-corrected chi connectivity index (χ0v) is 10.2. The van der Waals surface area contributed by atoms with Crippen molar-refractivity contribution in [1.29, 1.82) is 0 Å². The van der Waals surface area contributed by atoms with Gasteiger partial charge < -0.3 is 30.8 Å². The van der Waals surface area contributed by atoms with Gasteiger partial charge in [0.2, 0.25) is 11.7 Å². The predicted octanol–water partition coefficient (Wildman–Crippen LogP) is -3.54. The maximum absolute atomic E-state index is 11.3. The fraction of sp³-hybridized carbons (Fsp3) is 0.750. The molecule has 100 valence electrons. The van der Waals surface area contributed by atoms with Gasteiger partial charge in [-0.25, -0.2) is 0 Å². The highest BCUT2D eigenvalue weighted by Crippen LogP contribution is 2.03. The summed E-state index contributed by atoms with van der Waals surface area (Å²) < 4.78 is 0. The van der Waals surface area contributed by atoms with Gasteiger partial charge in [-0.05, 0) is 0 Å².